The van der Waals surface area contributed by atoms with Crippen molar-refractivity contribution in [2.75, 3.05) is 12.3 Å². The smallest absolute Gasteiger partial charge is 0.137 e. The highest BCUT2D eigenvalue weighted by atomic mass is 79.9. The third kappa shape index (κ3) is 4.55. The molecule has 0 aromatic heterocycles. The van der Waals surface area contributed by atoms with Gasteiger partial charge in [0.2, 0.25) is 0 Å². The number of halogens is 2. The molecule has 2 aromatic carbocycles. The molecule has 0 spiro atoms. The maximum atomic E-state index is 13.6. The summed E-state index contributed by atoms with van der Waals surface area (Å²) in [6.45, 7) is 4.62. The summed E-state index contributed by atoms with van der Waals surface area (Å²) in [5.41, 5.74) is 8.75. The Morgan fingerprint density at radius 2 is 1.90 bits per heavy atom. The second-order valence-electron chi connectivity index (χ2n) is 5.17. The highest BCUT2D eigenvalue weighted by Crippen LogP contribution is 2.23. The standard InChI is InChI=1S/C17H20BrFN2/c1-2-9-21(11-13-5-3-7-15(20)10-13)12-14-6-4-8-16(19)17(14)18/h3-8,10H,2,9,11-12,20H2,1H3. The third-order valence-electron chi connectivity index (χ3n) is 3.32. The minimum Gasteiger partial charge on any atom is -0.399 e. The van der Waals surface area contributed by atoms with Gasteiger partial charge in [0.15, 0.2) is 0 Å². The second kappa shape index (κ2) is 7.57. The third-order valence-corrected chi connectivity index (χ3v) is 4.21. The molecule has 0 bridgehead atoms. The fourth-order valence-corrected chi connectivity index (χ4v) is 2.78. The first kappa shape index (κ1) is 16.0. The van der Waals surface area contributed by atoms with E-state index in [1.165, 1.54) is 11.6 Å². The summed E-state index contributed by atoms with van der Waals surface area (Å²) in [5.74, 6) is -0.215. The number of hydrogen-bond acceptors (Lipinski definition) is 2. The van der Waals surface area contributed by atoms with Gasteiger partial charge in [0.1, 0.15) is 5.82 Å². The van der Waals surface area contributed by atoms with E-state index in [0.29, 0.717) is 11.0 Å². The van der Waals surface area contributed by atoms with Crippen LogP contribution < -0.4 is 5.73 Å². The van der Waals surface area contributed by atoms with Crippen LogP contribution in [0.4, 0.5) is 10.1 Å². The summed E-state index contributed by atoms with van der Waals surface area (Å²) < 4.78 is 14.2. The molecule has 2 nitrogen and oxygen atoms in total. The largest absolute Gasteiger partial charge is 0.399 e. The number of benzene rings is 2. The molecule has 0 saturated heterocycles. The molecule has 21 heavy (non-hydrogen) atoms. The van der Waals surface area contributed by atoms with Crippen LogP contribution >= 0.6 is 15.9 Å². The van der Waals surface area contributed by atoms with Gasteiger partial charge in [-0.05, 0) is 58.2 Å². The lowest BCUT2D eigenvalue weighted by Gasteiger charge is -2.22. The van der Waals surface area contributed by atoms with Crippen molar-refractivity contribution in [3.63, 3.8) is 0 Å². The van der Waals surface area contributed by atoms with Crippen LogP contribution in [-0.4, -0.2) is 11.4 Å². The molecule has 0 heterocycles. The van der Waals surface area contributed by atoms with Crippen LogP contribution in [0.2, 0.25) is 0 Å². The van der Waals surface area contributed by atoms with E-state index < -0.39 is 0 Å². The fraction of sp³-hybridized carbons (Fsp3) is 0.294. The van der Waals surface area contributed by atoms with E-state index in [9.17, 15) is 4.39 Å². The van der Waals surface area contributed by atoms with E-state index in [1.54, 1.807) is 6.07 Å². The molecule has 0 atom stereocenters. The molecule has 0 saturated carbocycles. The van der Waals surface area contributed by atoms with Crippen molar-refractivity contribution in [2.24, 2.45) is 0 Å². The van der Waals surface area contributed by atoms with Gasteiger partial charge in [0.25, 0.3) is 0 Å². The number of rotatable bonds is 6. The summed E-state index contributed by atoms with van der Waals surface area (Å²) in [6, 6.07) is 13.1. The predicted molar refractivity (Wildman–Crippen MR) is 89.4 cm³/mol. The predicted octanol–water partition coefficient (Wildman–Crippen LogP) is 4.58. The Bertz CT molecular complexity index is 601. The van der Waals surface area contributed by atoms with Crippen molar-refractivity contribution >= 4 is 21.6 Å². The highest BCUT2D eigenvalue weighted by Gasteiger charge is 2.11. The fourth-order valence-electron chi connectivity index (χ4n) is 2.39. The number of anilines is 1. The molecule has 0 aliphatic rings. The molecule has 2 aromatic rings. The van der Waals surface area contributed by atoms with E-state index >= 15 is 0 Å². The lowest BCUT2D eigenvalue weighted by atomic mass is 10.1. The molecule has 0 aliphatic heterocycles. The van der Waals surface area contributed by atoms with Crippen LogP contribution in [0.15, 0.2) is 46.9 Å². The molecule has 112 valence electrons. The van der Waals surface area contributed by atoms with E-state index in [0.717, 1.165) is 30.8 Å². The van der Waals surface area contributed by atoms with Crippen LogP contribution in [0.3, 0.4) is 0 Å². The quantitative estimate of drug-likeness (QED) is 0.772. The Labute approximate surface area is 133 Å². The zero-order chi connectivity index (χ0) is 15.2. The van der Waals surface area contributed by atoms with E-state index in [2.05, 4.69) is 33.8 Å². The van der Waals surface area contributed by atoms with Crippen molar-refractivity contribution < 1.29 is 4.39 Å². The average molecular weight is 351 g/mol. The van der Waals surface area contributed by atoms with Crippen molar-refractivity contribution in [3.05, 3.63) is 63.9 Å². The van der Waals surface area contributed by atoms with Gasteiger partial charge in [-0.25, -0.2) is 4.39 Å². The Kier molecular flexibility index (Phi) is 5.76. The first-order valence-electron chi connectivity index (χ1n) is 7.09. The van der Waals surface area contributed by atoms with Crippen molar-refractivity contribution in [1.29, 1.82) is 0 Å². The monoisotopic (exact) mass is 350 g/mol. The van der Waals surface area contributed by atoms with Gasteiger partial charge in [-0.1, -0.05) is 31.2 Å². The summed E-state index contributed by atoms with van der Waals surface area (Å²) in [7, 11) is 0. The summed E-state index contributed by atoms with van der Waals surface area (Å²) >= 11 is 3.34. The van der Waals surface area contributed by atoms with Crippen LogP contribution in [0, 0.1) is 5.82 Å². The van der Waals surface area contributed by atoms with Crippen LogP contribution in [0.1, 0.15) is 24.5 Å². The van der Waals surface area contributed by atoms with Crippen molar-refractivity contribution in [3.8, 4) is 0 Å². The molecular formula is C17H20BrFN2. The van der Waals surface area contributed by atoms with Crippen LogP contribution in [-0.2, 0) is 13.1 Å². The topological polar surface area (TPSA) is 29.3 Å². The molecule has 0 fully saturated rings. The van der Waals surface area contributed by atoms with Gasteiger partial charge in [-0.15, -0.1) is 0 Å². The molecule has 0 unspecified atom stereocenters. The van der Waals surface area contributed by atoms with Gasteiger partial charge < -0.3 is 5.73 Å². The van der Waals surface area contributed by atoms with Gasteiger partial charge >= 0.3 is 0 Å². The lowest BCUT2D eigenvalue weighted by molar-refractivity contribution is 0.256. The lowest BCUT2D eigenvalue weighted by Crippen LogP contribution is -2.24. The first-order valence-corrected chi connectivity index (χ1v) is 7.89. The maximum Gasteiger partial charge on any atom is 0.137 e. The number of nitrogens with zero attached hydrogens (tertiary/aromatic N) is 1. The van der Waals surface area contributed by atoms with E-state index in [1.807, 2.05) is 24.3 Å². The van der Waals surface area contributed by atoms with Gasteiger partial charge in [0, 0.05) is 18.8 Å². The molecular weight excluding hydrogens is 331 g/mol. The molecule has 4 heteroatoms. The SMILES string of the molecule is CCCN(Cc1cccc(N)c1)Cc1cccc(F)c1Br. The minimum absolute atomic E-state index is 0.215. The molecule has 2 N–H and O–H groups in total. The second-order valence-corrected chi connectivity index (χ2v) is 5.96. The summed E-state index contributed by atoms with van der Waals surface area (Å²) in [6.07, 6.45) is 1.05. The molecule has 0 radical (unpaired) electrons. The molecule has 2 rings (SSSR count). The highest BCUT2D eigenvalue weighted by molar-refractivity contribution is 9.10. The normalized spacial score (nSPS) is 11.0. The van der Waals surface area contributed by atoms with Crippen molar-refractivity contribution in [2.45, 2.75) is 26.4 Å². The molecule has 0 aliphatic carbocycles. The Morgan fingerprint density at radius 3 is 2.62 bits per heavy atom. The maximum absolute atomic E-state index is 13.6. The van der Waals surface area contributed by atoms with E-state index in [4.69, 9.17) is 5.73 Å². The Balaban J connectivity index is 2.13. The first-order chi connectivity index (χ1) is 10.1. The minimum atomic E-state index is -0.215. The van der Waals surface area contributed by atoms with Gasteiger partial charge in [-0.3, -0.25) is 4.90 Å². The van der Waals surface area contributed by atoms with Gasteiger partial charge in [-0.2, -0.15) is 0 Å². The zero-order valence-corrected chi connectivity index (χ0v) is 13.7. The van der Waals surface area contributed by atoms with Crippen molar-refractivity contribution in [1.82, 2.24) is 4.90 Å². The van der Waals surface area contributed by atoms with Gasteiger partial charge in [0.05, 0.1) is 4.47 Å². The average Bonchev–Trinajstić information content (AvgIpc) is 2.44. The molecule has 0 amide bonds. The number of nitrogens with two attached hydrogens (primary N) is 1. The van der Waals surface area contributed by atoms with Crippen LogP contribution in [0.5, 0.6) is 0 Å². The Morgan fingerprint density at radius 1 is 1.14 bits per heavy atom. The summed E-state index contributed by atoms with van der Waals surface area (Å²) in [4.78, 5) is 2.30. The Hall–Kier alpha value is -1.39. The number of nitrogen functional groups attached to an aromatic ring is 1. The van der Waals surface area contributed by atoms with E-state index in [-0.39, 0.29) is 5.82 Å². The summed E-state index contributed by atoms with van der Waals surface area (Å²) in [5, 5.41) is 0. The number of hydrogen-bond donors (Lipinski definition) is 1. The van der Waals surface area contributed by atoms with Crippen LogP contribution in [0.25, 0.3) is 0 Å². The zero-order valence-electron chi connectivity index (χ0n) is 12.2.